The molecule has 0 bridgehead atoms. The van der Waals surface area contributed by atoms with Crippen LogP contribution in [0.5, 0.6) is 0 Å². The third-order valence-electron chi connectivity index (χ3n) is 3.00. The monoisotopic (exact) mass is 255 g/mol. The van der Waals surface area contributed by atoms with Crippen LogP contribution in [0.4, 0.5) is 0 Å². The zero-order valence-corrected chi connectivity index (χ0v) is 11.6. The van der Waals surface area contributed by atoms with Crippen molar-refractivity contribution in [3.8, 4) is 0 Å². The van der Waals surface area contributed by atoms with Gasteiger partial charge in [0.2, 0.25) is 0 Å². The molecule has 1 aromatic carbocycles. The Balaban J connectivity index is 1.95. The van der Waals surface area contributed by atoms with Crippen molar-refractivity contribution >= 4 is 0 Å². The first kappa shape index (κ1) is 13.7. The number of benzene rings is 1. The molecule has 2 rings (SSSR count). The fraction of sp³-hybridized carbons (Fsp3) is 0.312. The lowest BCUT2D eigenvalue weighted by molar-refractivity contribution is 0.318. The molecular weight excluding hydrogens is 234 g/mol. The second kappa shape index (κ2) is 7.02. The smallest absolute Gasteiger partial charge is 0.0312 e. The van der Waals surface area contributed by atoms with Crippen LogP contribution in [0.2, 0.25) is 0 Å². The van der Waals surface area contributed by atoms with Crippen LogP contribution in [0.1, 0.15) is 16.7 Å². The summed E-state index contributed by atoms with van der Waals surface area (Å²) in [6.07, 6.45) is 3.73. The van der Waals surface area contributed by atoms with Crippen molar-refractivity contribution in [3.63, 3.8) is 0 Å². The minimum atomic E-state index is 0.917. The number of nitrogens with zero attached hydrogens (tertiary/aromatic N) is 2. The van der Waals surface area contributed by atoms with Crippen molar-refractivity contribution in [2.45, 2.75) is 19.6 Å². The molecule has 3 heteroatoms. The molecule has 2 aromatic rings. The van der Waals surface area contributed by atoms with E-state index in [2.05, 4.69) is 52.6 Å². The molecule has 0 aliphatic rings. The fourth-order valence-corrected chi connectivity index (χ4v) is 2.21. The summed E-state index contributed by atoms with van der Waals surface area (Å²) < 4.78 is 0. The number of nitrogens with one attached hydrogen (secondary N) is 1. The van der Waals surface area contributed by atoms with Gasteiger partial charge < -0.3 is 5.32 Å². The van der Waals surface area contributed by atoms with Gasteiger partial charge in [0.15, 0.2) is 0 Å². The predicted molar refractivity (Wildman–Crippen MR) is 78.6 cm³/mol. The molecule has 0 radical (unpaired) electrons. The zero-order chi connectivity index (χ0) is 13.5. The van der Waals surface area contributed by atoms with E-state index in [1.54, 1.807) is 0 Å². The topological polar surface area (TPSA) is 28.2 Å². The van der Waals surface area contributed by atoms with E-state index in [0.717, 1.165) is 19.6 Å². The van der Waals surface area contributed by atoms with Crippen molar-refractivity contribution in [2.24, 2.45) is 0 Å². The second-order valence-corrected chi connectivity index (χ2v) is 4.88. The molecule has 0 amide bonds. The third-order valence-corrected chi connectivity index (χ3v) is 3.00. The van der Waals surface area contributed by atoms with Crippen molar-refractivity contribution in [2.75, 3.05) is 14.1 Å². The summed E-state index contributed by atoms with van der Waals surface area (Å²) in [6.45, 7) is 2.79. The number of pyridine rings is 1. The van der Waals surface area contributed by atoms with Crippen LogP contribution in [0, 0.1) is 0 Å². The molecule has 0 spiro atoms. The van der Waals surface area contributed by atoms with Gasteiger partial charge in [-0.2, -0.15) is 0 Å². The summed E-state index contributed by atoms with van der Waals surface area (Å²) in [5.41, 5.74) is 3.92. The van der Waals surface area contributed by atoms with Gasteiger partial charge >= 0.3 is 0 Å². The lowest BCUT2D eigenvalue weighted by atomic mass is 10.1. The van der Waals surface area contributed by atoms with E-state index >= 15 is 0 Å². The molecule has 1 N–H and O–H groups in total. The van der Waals surface area contributed by atoms with Gasteiger partial charge in [-0.05, 0) is 36.9 Å². The van der Waals surface area contributed by atoms with Crippen LogP contribution in [-0.4, -0.2) is 24.0 Å². The Labute approximate surface area is 115 Å². The summed E-state index contributed by atoms with van der Waals surface area (Å²) >= 11 is 0. The van der Waals surface area contributed by atoms with Gasteiger partial charge in [0.1, 0.15) is 0 Å². The maximum Gasteiger partial charge on any atom is 0.0312 e. The Morgan fingerprint density at radius 1 is 1.05 bits per heavy atom. The molecule has 0 fully saturated rings. The predicted octanol–water partition coefficient (Wildman–Crippen LogP) is 2.43. The Morgan fingerprint density at radius 3 is 2.53 bits per heavy atom. The highest BCUT2D eigenvalue weighted by Gasteiger charge is 2.02. The average molecular weight is 255 g/mol. The summed E-state index contributed by atoms with van der Waals surface area (Å²) in [5, 5.41) is 3.18. The molecule has 0 aliphatic carbocycles. The van der Waals surface area contributed by atoms with Gasteiger partial charge in [-0.3, -0.25) is 9.88 Å². The average Bonchev–Trinajstić information content (AvgIpc) is 2.40. The van der Waals surface area contributed by atoms with E-state index in [0.29, 0.717) is 0 Å². The largest absolute Gasteiger partial charge is 0.316 e. The Bertz CT molecular complexity index is 496. The molecule has 100 valence electrons. The van der Waals surface area contributed by atoms with Crippen LogP contribution < -0.4 is 5.32 Å². The van der Waals surface area contributed by atoms with Gasteiger partial charge in [0.05, 0.1) is 0 Å². The van der Waals surface area contributed by atoms with E-state index in [9.17, 15) is 0 Å². The van der Waals surface area contributed by atoms with Crippen molar-refractivity contribution in [1.29, 1.82) is 0 Å². The van der Waals surface area contributed by atoms with Crippen LogP contribution in [0.25, 0.3) is 0 Å². The highest BCUT2D eigenvalue weighted by molar-refractivity contribution is 5.23. The standard InChI is InChI=1S/C16H21N3/c1-17-10-14-5-3-6-15(9-14)12-19(2)13-16-7-4-8-18-11-16/h3-9,11,17H,10,12-13H2,1-2H3. The normalized spacial score (nSPS) is 10.9. The Hall–Kier alpha value is -1.71. The number of hydrogen-bond donors (Lipinski definition) is 1. The van der Waals surface area contributed by atoms with Crippen LogP contribution in [0.15, 0.2) is 48.8 Å². The van der Waals surface area contributed by atoms with E-state index in [1.807, 2.05) is 25.5 Å². The van der Waals surface area contributed by atoms with Gasteiger partial charge in [-0.25, -0.2) is 0 Å². The molecule has 19 heavy (non-hydrogen) atoms. The second-order valence-electron chi connectivity index (χ2n) is 4.88. The van der Waals surface area contributed by atoms with Crippen molar-refractivity contribution in [1.82, 2.24) is 15.2 Å². The minimum Gasteiger partial charge on any atom is -0.316 e. The third kappa shape index (κ3) is 4.47. The molecular formula is C16H21N3. The summed E-state index contributed by atoms with van der Waals surface area (Å²) in [6, 6.07) is 12.8. The maximum absolute atomic E-state index is 4.15. The zero-order valence-electron chi connectivity index (χ0n) is 11.6. The summed E-state index contributed by atoms with van der Waals surface area (Å²) in [7, 11) is 4.11. The van der Waals surface area contributed by atoms with E-state index in [4.69, 9.17) is 0 Å². The molecule has 0 atom stereocenters. The summed E-state index contributed by atoms with van der Waals surface area (Å²) in [4.78, 5) is 6.45. The lowest BCUT2D eigenvalue weighted by Gasteiger charge is -2.17. The van der Waals surface area contributed by atoms with Crippen LogP contribution in [-0.2, 0) is 19.6 Å². The highest BCUT2D eigenvalue weighted by atomic mass is 15.1. The number of rotatable bonds is 6. The fourth-order valence-electron chi connectivity index (χ4n) is 2.21. The SMILES string of the molecule is CNCc1cccc(CN(C)Cc2cccnc2)c1. The molecule has 0 unspecified atom stereocenters. The van der Waals surface area contributed by atoms with E-state index in [-0.39, 0.29) is 0 Å². The molecule has 3 nitrogen and oxygen atoms in total. The quantitative estimate of drug-likeness (QED) is 0.859. The van der Waals surface area contributed by atoms with E-state index in [1.165, 1.54) is 16.7 Å². The minimum absolute atomic E-state index is 0.917. The Kier molecular flexibility index (Phi) is 5.07. The highest BCUT2D eigenvalue weighted by Crippen LogP contribution is 2.09. The molecule has 0 aliphatic heterocycles. The maximum atomic E-state index is 4.15. The van der Waals surface area contributed by atoms with Crippen LogP contribution >= 0.6 is 0 Å². The van der Waals surface area contributed by atoms with Crippen molar-refractivity contribution < 1.29 is 0 Å². The van der Waals surface area contributed by atoms with Gasteiger partial charge in [0, 0.05) is 32.0 Å². The molecule has 0 saturated carbocycles. The number of aromatic nitrogens is 1. The lowest BCUT2D eigenvalue weighted by Crippen LogP contribution is -2.17. The van der Waals surface area contributed by atoms with Gasteiger partial charge in [0.25, 0.3) is 0 Å². The molecule has 1 aromatic heterocycles. The van der Waals surface area contributed by atoms with Crippen LogP contribution in [0.3, 0.4) is 0 Å². The first-order valence-corrected chi connectivity index (χ1v) is 6.58. The van der Waals surface area contributed by atoms with Gasteiger partial charge in [-0.1, -0.05) is 30.3 Å². The first-order valence-electron chi connectivity index (χ1n) is 6.58. The van der Waals surface area contributed by atoms with E-state index < -0.39 is 0 Å². The van der Waals surface area contributed by atoms with Gasteiger partial charge in [-0.15, -0.1) is 0 Å². The first-order chi connectivity index (χ1) is 9.28. The molecule has 0 saturated heterocycles. The molecule has 1 heterocycles. The van der Waals surface area contributed by atoms with Crippen molar-refractivity contribution in [3.05, 3.63) is 65.5 Å². The Morgan fingerprint density at radius 2 is 1.79 bits per heavy atom. The number of hydrogen-bond acceptors (Lipinski definition) is 3. The summed E-state index contributed by atoms with van der Waals surface area (Å²) in [5.74, 6) is 0.